The van der Waals surface area contributed by atoms with Gasteiger partial charge in [0.15, 0.2) is 0 Å². The standard InChI is InChI=1S/C12H23N3O2/c1-4-5-13-12(16)10(2)14-8-11-9-15(3)6-7-17-11/h4,10-11,14H,1,5-9H2,2-3H3,(H,13,16)/t10-,11+/m1/s1. The highest BCUT2D eigenvalue weighted by atomic mass is 16.5. The molecule has 1 aliphatic heterocycles. The molecule has 0 spiro atoms. The first-order valence-corrected chi connectivity index (χ1v) is 6.05. The summed E-state index contributed by atoms with van der Waals surface area (Å²) in [5, 5.41) is 5.94. The van der Waals surface area contributed by atoms with Crippen LogP contribution in [0.3, 0.4) is 0 Å². The van der Waals surface area contributed by atoms with Crippen molar-refractivity contribution < 1.29 is 9.53 Å². The number of nitrogens with one attached hydrogen (secondary N) is 2. The molecule has 1 fully saturated rings. The van der Waals surface area contributed by atoms with Crippen molar-refractivity contribution in [3.8, 4) is 0 Å². The summed E-state index contributed by atoms with van der Waals surface area (Å²) < 4.78 is 5.61. The lowest BCUT2D eigenvalue weighted by atomic mass is 10.2. The van der Waals surface area contributed by atoms with Crippen LogP contribution in [0.15, 0.2) is 12.7 Å². The normalized spacial score (nSPS) is 23.1. The van der Waals surface area contributed by atoms with Crippen molar-refractivity contribution in [2.24, 2.45) is 0 Å². The second-order valence-corrected chi connectivity index (χ2v) is 4.42. The van der Waals surface area contributed by atoms with Crippen LogP contribution in [0.25, 0.3) is 0 Å². The van der Waals surface area contributed by atoms with Crippen molar-refractivity contribution in [2.45, 2.75) is 19.1 Å². The predicted molar refractivity (Wildman–Crippen MR) is 67.9 cm³/mol. The Balaban J connectivity index is 2.20. The molecule has 0 saturated carbocycles. The van der Waals surface area contributed by atoms with Gasteiger partial charge in [-0.05, 0) is 14.0 Å². The van der Waals surface area contributed by atoms with Crippen LogP contribution in [0, 0.1) is 0 Å². The van der Waals surface area contributed by atoms with Crippen LogP contribution in [-0.4, -0.2) is 62.8 Å². The maximum absolute atomic E-state index is 11.6. The molecule has 1 saturated heterocycles. The van der Waals surface area contributed by atoms with Crippen molar-refractivity contribution in [1.29, 1.82) is 0 Å². The number of hydrogen-bond donors (Lipinski definition) is 2. The van der Waals surface area contributed by atoms with E-state index in [2.05, 4.69) is 29.2 Å². The molecular formula is C12H23N3O2. The highest BCUT2D eigenvalue weighted by Crippen LogP contribution is 2.01. The van der Waals surface area contributed by atoms with E-state index in [-0.39, 0.29) is 18.1 Å². The summed E-state index contributed by atoms with van der Waals surface area (Å²) in [6, 6.07) is -0.203. The van der Waals surface area contributed by atoms with Gasteiger partial charge < -0.3 is 20.3 Å². The highest BCUT2D eigenvalue weighted by Gasteiger charge is 2.19. The van der Waals surface area contributed by atoms with Crippen LogP contribution in [0.2, 0.25) is 0 Å². The summed E-state index contributed by atoms with van der Waals surface area (Å²) in [4.78, 5) is 13.8. The largest absolute Gasteiger partial charge is 0.374 e. The van der Waals surface area contributed by atoms with E-state index in [0.717, 1.165) is 19.7 Å². The van der Waals surface area contributed by atoms with Crippen molar-refractivity contribution in [1.82, 2.24) is 15.5 Å². The molecular weight excluding hydrogens is 218 g/mol. The van der Waals surface area contributed by atoms with Crippen LogP contribution in [-0.2, 0) is 9.53 Å². The number of likely N-dealkylation sites (N-methyl/N-ethyl adjacent to an activating group) is 1. The first kappa shape index (κ1) is 14.2. The van der Waals surface area contributed by atoms with Gasteiger partial charge in [-0.15, -0.1) is 6.58 Å². The zero-order chi connectivity index (χ0) is 12.7. The first-order chi connectivity index (χ1) is 8.13. The Hall–Kier alpha value is -0.910. The number of morpholine rings is 1. The molecule has 0 bridgehead atoms. The molecule has 0 aliphatic carbocycles. The number of nitrogens with zero attached hydrogens (tertiary/aromatic N) is 1. The van der Waals surface area contributed by atoms with Gasteiger partial charge in [0.1, 0.15) is 0 Å². The number of carbonyl (C=O) groups is 1. The predicted octanol–water partition coefficient (Wildman–Crippen LogP) is -0.403. The van der Waals surface area contributed by atoms with Gasteiger partial charge >= 0.3 is 0 Å². The first-order valence-electron chi connectivity index (χ1n) is 6.05. The van der Waals surface area contributed by atoms with Gasteiger partial charge in [0, 0.05) is 26.2 Å². The van der Waals surface area contributed by atoms with E-state index >= 15 is 0 Å². The molecule has 0 aromatic heterocycles. The van der Waals surface area contributed by atoms with Gasteiger partial charge in [-0.2, -0.15) is 0 Å². The van der Waals surface area contributed by atoms with Crippen LogP contribution < -0.4 is 10.6 Å². The molecule has 0 aromatic rings. The minimum atomic E-state index is -0.203. The third-order valence-corrected chi connectivity index (χ3v) is 2.81. The molecule has 2 atom stereocenters. The summed E-state index contributed by atoms with van der Waals surface area (Å²) in [6.45, 7) is 9.27. The van der Waals surface area contributed by atoms with Crippen molar-refractivity contribution >= 4 is 5.91 Å². The molecule has 5 heteroatoms. The van der Waals surface area contributed by atoms with E-state index in [9.17, 15) is 4.79 Å². The lowest BCUT2D eigenvalue weighted by Crippen LogP contribution is -2.49. The maximum atomic E-state index is 11.6. The molecule has 17 heavy (non-hydrogen) atoms. The fraction of sp³-hybridized carbons (Fsp3) is 0.750. The molecule has 5 nitrogen and oxygen atoms in total. The summed E-state index contributed by atoms with van der Waals surface area (Å²) in [5.74, 6) is -0.00550. The summed E-state index contributed by atoms with van der Waals surface area (Å²) in [7, 11) is 2.08. The molecule has 1 rings (SSSR count). The van der Waals surface area contributed by atoms with Gasteiger partial charge in [0.05, 0.1) is 18.8 Å². The van der Waals surface area contributed by atoms with Crippen LogP contribution in [0.4, 0.5) is 0 Å². The number of amides is 1. The summed E-state index contributed by atoms with van der Waals surface area (Å²) in [6.07, 6.45) is 1.84. The third kappa shape index (κ3) is 5.30. The SMILES string of the molecule is C=CCNC(=O)[C@@H](C)NC[C@H]1CN(C)CCO1. The van der Waals surface area contributed by atoms with E-state index in [0.29, 0.717) is 13.1 Å². The maximum Gasteiger partial charge on any atom is 0.237 e. The topological polar surface area (TPSA) is 53.6 Å². The molecule has 0 unspecified atom stereocenters. The zero-order valence-electron chi connectivity index (χ0n) is 10.7. The minimum Gasteiger partial charge on any atom is -0.374 e. The van der Waals surface area contributed by atoms with Crippen LogP contribution in [0.5, 0.6) is 0 Å². The number of ether oxygens (including phenoxy) is 1. The smallest absolute Gasteiger partial charge is 0.237 e. The molecule has 1 aliphatic rings. The van der Waals surface area contributed by atoms with Gasteiger partial charge in [0.2, 0.25) is 5.91 Å². The fourth-order valence-electron chi connectivity index (χ4n) is 1.72. The molecule has 0 aromatic carbocycles. The van der Waals surface area contributed by atoms with E-state index in [1.165, 1.54) is 0 Å². The molecule has 98 valence electrons. The number of hydrogen-bond acceptors (Lipinski definition) is 4. The van der Waals surface area contributed by atoms with E-state index in [4.69, 9.17) is 4.74 Å². The van der Waals surface area contributed by atoms with Crippen molar-refractivity contribution in [3.05, 3.63) is 12.7 Å². The monoisotopic (exact) mass is 241 g/mol. The number of carbonyl (C=O) groups excluding carboxylic acids is 1. The van der Waals surface area contributed by atoms with Gasteiger partial charge in [-0.25, -0.2) is 0 Å². The van der Waals surface area contributed by atoms with Crippen LogP contribution in [0.1, 0.15) is 6.92 Å². The van der Waals surface area contributed by atoms with Gasteiger partial charge in [-0.3, -0.25) is 4.79 Å². The average molecular weight is 241 g/mol. The fourth-order valence-corrected chi connectivity index (χ4v) is 1.72. The minimum absolute atomic E-state index is 0.00550. The lowest BCUT2D eigenvalue weighted by molar-refractivity contribution is -0.122. The second kappa shape index (κ2) is 7.42. The second-order valence-electron chi connectivity index (χ2n) is 4.42. The van der Waals surface area contributed by atoms with E-state index < -0.39 is 0 Å². The molecule has 1 amide bonds. The Morgan fingerprint density at radius 1 is 1.71 bits per heavy atom. The number of rotatable bonds is 6. The van der Waals surface area contributed by atoms with E-state index in [1.807, 2.05) is 6.92 Å². The Labute approximate surface area is 103 Å². The Kier molecular flexibility index (Phi) is 6.18. The van der Waals surface area contributed by atoms with E-state index in [1.54, 1.807) is 6.08 Å². The van der Waals surface area contributed by atoms with Crippen molar-refractivity contribution in [2.75, 3.05) is 39.8 Å². The Bertz CT molecular complexity index is 258. The van der Waals surface area contributed by atoms with Gasteiger partial charge in [0.25, 0.3) is 0 Å². The van der Waals surface area contributed by atoms with Crippen LogP contribution >= 0.6 is 0 Å². The molecule has 2 N–H and O–H groups in total. The Morgan fingerprint density at radius 2 is 2.47 bits per heavy atom. The highest BCUT2D eigenvalue weighted by molar-refractivity contribution is 5.81. The summed E-state index contributed by atoms with van der Waals surface area (Å²) in [5.41, 5.74) is 0. The van der Waals surface area contributed by atoms with Gasteiger partial charge in [-0.1, -0.05) is 6.08 Å². The zero-order valence-corrected chi connectivity index (χ0v) is 10.7. The van der Waals surface area contributed by atoms with Crippen molar-refractivity contribution in [3.63, 3.8) is 0 Å². The molecule has 1 heterocycles. The third-order valence-electron chi connectivity index (χ3n) is 2.81. The quantitative estimate of drug-likeness (QED) is 0.621. The molecule has 0 radical (unpaired) electrons. The average Bonchev–Trinajstić information content (AvgIpc) is 2.33. The summed E-state index contributed by atoms with van der Waals surface area (Å²) >= 11 is 0. The Morgan fingerprint density at radius 3 is 3.12 bits per heavy atom. The lowest BCUT2D eigenvalue weighted by Gasteiger charge is -2.30.